The average Bonchev–Trinajstić information content (AvgIpc) is 2.68. The quantitative estimate of drug-likeness (QED) is 0.758. The number of carbonyl (C=O) groups is 1. The Balaban J connectivity index is 2.16. The van der Waals surface area contributed by atoms with E-state index in [0.29, 0.717) is 0 Å². The molecule has 0 saturated carbocycles. The Morgan fingerprint density at radius 3 is 2.56 bits per heavy atom. The number of benzene rings is 2. The minimum absolute atomic E-state index is 0.113. The predicted molar refractivity (Wildman–Crippen MR) is 76.8 cm³/mol. The maximum absolute atomic E-state index is 12.1. The summed E-state index contributed by atoms with van der Waals surface area (Å²) < 4.78 is 1.05. The van der Waals surface area contributed by atoms with E-state index in [2.05, 4.69) is 34.1 Å². The van der Waals surface area contributed by atoms with E-state index in [4.69, 9.17) is 0 Å². The van der Waals surface area contributed by atoms with E-state index in [1.807, 2.05) is 31.2 Å². The highest BCUT2D eigenvalue weighted by Crippen LogP contribution is 2.36. The maximum atomic E-state index is 12.1. The molecule has 3 rings (SSSR count). The summed E-state index contributed by atoms with van der Waals surface area (Å²) >= 11 is 3.60. The molecule has 1 unspecified atom stereocenters. The standard InChI is InChI=1S/C16H13BrO/c1-10-7-13-14(16(10)18)8-12(9-15(13)17)11-5-3-2-4-6-11/h2-6,8-10H,7H2,1H3. The van der Waals surface area contributed by atoms with Gasteiger partial charge in [0.1, 0.15) is 0 Å². The minimum Gasteiger partial charge on any atom is -0.294 e. The number of rotatable bonds is 1. The number of ketones is 1. The van der Waals surface area contributed by atoms with Gasteiger partial charge >= 0.3 is 0 Å². The number of halogens is 1. The van der Waals surface area contributed by atoms with E-state index in [1.54, 1.807) is 0 Å². The van der Waals surface area contributed by atoms with Gasteiger partial charge in [-0.2, -0.15) is 0 Å². The van der Waals surface area contributed by atoms with Crippen molar-refractivity contribution in [2.75, 3.05) is 0 Å². The Kier molecular flexibility index (Phi) is 2.83. The van der Waals surface area contributed by atoms with Crippen LogP contribution in [0.4, 0.5) is 0 Å². The van der Waals surface area contributed by atoms with Crippen LogP contribution in [0.15, 0.2) is 46.9 Å². The predicted octanol–water partition coefficient (Wildman–Crippen LogP) is 4.49. The van der Waals surface area contributed by atoms with Crippen molar-refractivity contribution in [3.63, 3.8) is 0 Å². The van der Waals surface area contributed by atoms with Crippen LogP contribution < -0.4 is 0 Å². The number of Topliss-reactive ketones (excluding diaryl/α,β-unsaturated/α-hetero) is 1. The van der Waals surface area contributed by atoms with Gasteiger partial charge in [-0.15, -0.1) is 0 Å². The van der Waals surface area contributed by atoms with E-state index in [9.17, 15) is 4.79 Å². The number of carbonyl (C=O) groups excluding carboxylic acids is 1. The molecule has 1 aliphatic carbocycles. The van der Waals surface area contributed by atoms with Gasteiger partial charge in [-0.25, -0.2) is 0 Å². The van der Waals surface area contributed by atoms with Crippen molar-refractivity contribution in [2.45, 2.75) is 13.3 Å². The molecule has 0 aromatic heterocycles. The van der Waals surface area contributed by atoms with Crippen LogP contribution in [-0.4, -0.2) is 5.78 Å². The first-order valence-corrected chi connectivity index (χ1v) is 6.88. The smallest absolute Gasteiger partial charge is 0.166 e. The zero-order valence-electron chi connectivity index (χ0n) is 10.1. The highest BCUT2D eigenvalue weighted by Gasteiger charge is 2.29. The van der Waals surface area contributed by atoms with Gasteiger partial charge in [-0.3, -0.25) is 4.79 Å². The first-order valence-electron chi connectivity index (χ1n) is 6.09. The summed E-state index contributed by atoms with van der Waals surface area (Å²) in [6.45, 7) is 2.00. The van der Waals surface area contributed by atoms with Crippen molar-refractivity contribution >= 4 is 21.7 Å². The molecule has 0 aliphatic heterocycles. The van der Waals surface area contributed by atoms with Crippen molar-refractivity contribution in [3.05, 3.63) is 58.1 Å². The Labute approximate surface area is 115 Å². The molecule has 0 fully saturated rings. The molecule has 0 N–H and O–H groups in total. The Hall–Kier alpha value is -1.41. The molecule has 0 amide bonds. The van der Waals surface area contributed by atoms with Crippen LogP contribution in [0.3, 0.4) is 0 Å². The fraction of sp³-hybridized carbons (Fsp3) is 0.188. The summed E-state index contributed by atoms with van der Waals surface area (Å²) in [5, 5.41) is 0. The molecule has 0 heterocycles. The number of fused-ring (bicyclic) bond motifs is 1. The molecule has 1 atom stereocenters. The van der Waals surface area contributed by atoms with Gasteiger partial charge in [0.05, 0.1) is 0 Å². The fourth-order valence-electron chi connectivity index (χ4n) is 2.53. The summed E-state index contributed by atoms with van der Waals surface area (Å²) in [6, 6.07) is 14.3. The number of hydrogen-bond acceptors (Lipinski definition) is 1. The molecule has 2 aromatic carbocycles. The van der Waals surface area contributed by atoms with Gasteiger partial charge in [-0.1, -0.05) is 53.2 Å². The van der Waals surface area contributed by atoms with E-state index < -0.39 is 0 Å². The molecule has 1 aliphatic rings. The van der Waals surface area contributed by atoms with Crippen LogP contribution in [0.5, 0.6) is 0 Å². The van der Waals surface area contributed by atoms with Crippen molar-refractivity contribution in [2.24, 2.45) is 5.92 Å². The molecule has 2 heteroatoms. The number of hydrogen-bond donors (Lipinski definition) is 0. The SMILES string of the molecule is CC1Cc2c(Br)cc(-c3ccccc3)cc2C1=O. The summed E-state index contributed by atoms with van der Waals surface area (Å²) in [5.74, 6) is 0.380. The van der Waals surface area contributed by atoms with Crippen molar-refractivity contribution in [1.29, 1.82) is 0 Å². The molecular formula is C16H13BrO. The summed E-state index contributed by atoms with van der Waals surface area (Å²) in [7, 11) is 0. The molecule has 0 saturated heterocycles. The first-order chi connectivity index (χ1) is 8.66. The maximum Gasteiger partial charge on any atom is 0.166 e. The van der Waals surface area contributed by atoms with Crippen molar-refractivity contribution in [3.8, 4) is 11.1 Å². The van der Waals surface area contributed by atoms with Crippen LogP contribution in [0.1, 0.15) is 22.8 Å². The largest absolute Gasteiger partial charge is 0.294 e. The second-order valence-electron chi connectivity index (χ2n) is 4.82. The van der Waals surface area contributed by atoms with Gasteiger partial charge in [0, 0.05) is 16.0 Å². The third kappa shape index (κ3) is 1.81. The lowest BCUT2D eigenvalue weighted by Crippen LogP contribution is -2.02. The first kappa shape index (κ1) is 11.7. The highest BCUT2D eigenvalue weighted by atomic mass is 79.9. The van der Waals surface area contributed by atoms with Crippen LogP contribution >= 0.6 is 15.9 Å². The van der Waals surface area contributed by atoms with Crippen molar-refractivity contribution in [1.82, 2.24) is 0 Å². The lowest BCUT2D eigenvalue weighted by atomic mass is 10.0. The van der Waals surface area contributed by atoms with E-state index in [0.717, 1.165) is 33.1 Å². The van der Waals surface area contributed by atoms with Gasteiger partial charge < -0.3 is 0 Å². The van der Waals surface area contributed by atoms with Crippen LogP contribution in [0, 0.1) is 5.92 Å². The Morgan fingerprint density at radius 2 is 1.83 bits per heavy atom. The summed E-state index contributed by atoms with van der Waals surface area (Å²) in [5.41, 5.74) is 4.29. The zero-order chi connectivity index (χ0) is 12.7. The third-order valence-electron chi connectivity index (χ3n) is 3.53. The van der Waals surface area contributed by atoms with E-state index >= 15 is 0 Å². The van der Waals surface area contributed by atoms with Crippen LogP contribution in [0.2, 0.25) is 0 Å². The monoisotopic (exact) mass is 300 g/mol. The third-order valence-corrected chi connectivity index (χ3v) is 4.23. The molecule has 0 spiro atoms. The Bertz CT molecular complexity index is 616. The molecule has 18 heavy (non-hydrogen) atoms. The second-order valence-corrected chi connectivity index (χ2v) is 5.67. The highest BCUT2D eigenvalue weighted by molar-refractivity contribution is 9.10. The van der Waals surface area contributed by atoms with Gasteiger partial charge in [0.2, 0.25) is 0 Å². The summed E-state index contributed by atoms with van der Waals surface area (Å²) in [6.07, 6.45) is 0.851. The molecule has 90 valence electrons. The lowest BCUT2D eigenvalue weighted by Gasteiger charge is -2.07. The molecule has 0 radical (unpaired) electrons. The average molecular weight is 301 g/mol. The second kappa shape index (κ2) is 4.36. The van der Waals surface area contributed by atoms with Gasteiger partial charge in [-0.05, 0) is 35.2 Å². The Morgan fingerprint density at radius 1 is 1.11 bits per heavy atom. The molecule has 2 aromatic rings. The molecule has 0 bridgehead atoms. The molecular weight excluding hydrogens is 288 g/mol. The fourth-order valence-corrected chi connectivity index (χ4v) is 3.15. The minimum atomic E-state index is 0.113. The lowest BCUT2D eigenvalue weighted by molar-refractivity contribution is 0.0946. The normalized spacial score (nSPS) is 17.9. The molecule has 1 nitrogen and oxygen atoms in total. The van der Waals surface area contributed by atoms with Gasteiger partial charge in [0.25, 0.3) is 0 Å². The topological polar surface area (TPSA) is 17.1 Å². The van der Waals surface area contributed by atoms with Crippen molar-refractivity contribution < 1.29 is 4.79 Å². The van der Waals surface area contributed by atoms with Crippen LogP contribution in [-0.2, 0) is 6.42 Å². The zero-order valence-corrected chi connectivity index (χ0v) is 11.7. The summed E-state index contributed by atoms with van der Waals surface area (Å²) in [4.78, 5) is 12.1. The van der Waals surface area contributed by atoms with E-state index in [-0.39, 0.29) is 11.7 Å². The van der Waals surface area contributed by atoms with E-state index in [1.165, 1.54) is 0 Å². The van der Waals surface area contributed by atoms with Gasteiger partial charge in [0.15, 0.2) is 5.78 Å². The van der Waals surface area contributed by atoms with Crippen LogP contribution in [0.25, 0.3) is 11.1 Å².